The van der Waals surface area contributed by atoms with Crippen molar-refractivity contribution in [2.45, 2.75) is 52.0 Å². The molecule has 4 aliphatic carbocycles. The van der Waals surface area contributed by atoms with Crippen LogP contribution >= 0.6 is 0 Å². The number of carbonyl (C=O) groups excluding carboxylic acids is 3. The molecule has 0 aliphatic heterocycles. The molecule has 10 heteroatoms. The summed E-state index contributed by atoms with van der Waals surface area (Å²) >= 11 is 0. The predicted octanol–water partition coefficient (Wildman–Crippen LogP) is 1.72. The van der Waals surface area contributed by atoms with E-state index < -0.39 is 10.8 Å². The van der Waals surface area contributed by atoms with E-state index in [1.165, 1.54) is 6.20 Å². The lowest BCUT2D eigenvalue weighted by molar-refractivity contribution is -0.145. The molecule has 0 radical (unpaired) electrons. The molecule has 6 rings (SSSR count). The number of rotatable bonds is 7. The van der Waals surface area contributed by atoms with Crippen LogP contribution in [-0.2, 0) is 9.59 Å². The van der Waals surface area contributed by atoms with Crippen molar-refractivity contribution >= 4 is 23.9 Å². The fourth-order valence-corrected chi connectivity index (χ4v) is 6.69. The Hall–Kier alpha value is -3.43. The zero-order chi connectivity index (χ0) is 25.0. The number of nitrogens with zero attached hydrogens (tertiary/aromatic N) is 4. The van der Waals surface area contributed by atoms with Crippen molar-refractivity contribution in [2.24, 2.45) is 34.3 Å². The molecule has 2 unspecified atom stereocenters. The van der Waals surface area contributed by atoms with E-state index in [2.05, 4.69) is 20.8 Å². The molecule has 2 atom stereocenters. The molecule has 0 aromatic carbocycles. The minimum Gasteiger partial charge on any atom is -0.369 e. The molecule has 0 spiro atoms. The molecule has 3 amide bonds. The first-order valence-electron chi connectivity index (χ1n) is 12.2. The summed E-state index contributed by atoms with van der Waals surface area (Å²) in [7, 11) is 1.60. The second kappa shape index (κ2) is 8.35. The van der Waals surface area contributed by atoms with E-state index in [-0.39, 0.29) is 35.6 Å². The number of hydrogen-bond acceptors (Lipinski definition) is 5. The highest BCUT2D eigenvalue weighted by Crippen LogP contribution is 2.59. The topological polar surface area (TPSA) is 137 Å². The molecule has 35 heavy (non-hydrogen) atoms. The van der Waals surface area contributed by atoms with Crippen LogP contribution in [0.5, 0.6) is 0 Å². The quantitative estimate of drug-likeness (QED) is 0.555. The molecule has 4 saturated carbocycles. The molecule has 2 aromatic rings. The average Bonchev–Trinajstić information content (AvgIpc) is 3.48. The fraction of sp³-hybridized carbons (Fsp3) is 0.560. The van der Waals surface area contributed by atoms with Crippen LogP contribution in [0.4, 0.5) is 0 Å². The van der Waals surface area contributed by atoms with Crippen LogP contribution in [0.1, 0.15) is 56.3 Å². The first kappa shape index (κ1) is 23.3. The van der Waals surface area contributed by atoms with Crippen molar-refractivity contribution in [1.29, 1.82) is 0 Å². The van der Waals surface area contributed by atoms with Crippen LogP contribution < -0.4 is 16.4 Å². The monoisotopic (exact) mass is 479 g/mol. The van der Waals surface area contributed by atoms with Gasteiger partial charge >= 0.3 is 0 Å². The van der Waals surface area contributed by atoms with Crippen molar-refractivity contribution in [3.8, 4) is 5.82 Å². The summed E-state index contributed by atoms with van der Waals surface area (Å²) in [5.74, 6) is 0.998. The van der Waals surface area contributed by atoms with Gasteiger partial charge in [-0.25, -0.2) is 9.36 Å². The molecule has 186 valence electrons. The highest BCUT2D eigenvalue weighted by molar-refractivity contribution is 5.97. The molecule has 4 fully saturated rings. The maximum atomic E-state index is 13.6. The van der Waals surface area contributed by atoms with Gasteiger partial charge in [-0.3, -0.25) is 14.4 Å². The Labute approximate surface area is 204 Å². The Balaban J connectivity index is 1.41. The van der Waals surface area contributed by atoms with Crippen molar-refractivity contribution in [3.05, 3.63) is 36.3 Å². The summed E-state index contributed by atoms with van der Waals surface area (Å²) in [5, 5.41) is 14.7. The van der Waals surface area contributed by atoms with E-state index in [1.54, 1.807) is 61.0 Å². The van der Waals surface area contributed by atoms with E-state index in [4.69, 9.17) is 5.73 Å². The van der Waals surface area contributed by atoms with Crippen LogP contribution in [-0.4, -0.2) is 50.4 Å². The number of carbonyl (C=O) groups is 3. The molecule has 4 aliphatic rings. The maximum absolute atomic E-state index is 13.6. The number of amides is 3. The standard InChI is InChI=1S/C25H33N7O3/c1-24(2,23(35)27-3)5-8-32-21(31-7-4-6-28-31)18(14-29-32)20(33)30-19-16-9-15-10-17(19)13-25(11-15,12-16)22(26)34/h4-8,14-17,19H,9-13H2,1-3H3,(H2,26,34)(H,27,35)(H,30,33). The van der Waals surface area contributed by atoms with Gasteiger partial charge in [-0.05, 0) is 69.8 Å². The Bertz CT molecular complexity index is 1160. The minimum absolute atomic E-state index is 0.0167. The van der Waals surface area contributed by atoms with Crippen molar-refractivity contribution in [1.82, 2.24) is 30.2 Å². The van der Waals surface area contributed by atoms with Gasteiger partial charge in [0.05, 0.1) is 11.6 Å². The predicted molar refractivity (Wildman–Crippen MR) is 129 cm³/mol. The molecule has 2 aromatic heterocycles. The number of hydrogen-bond donors (Lipinski definition) is 3. The molecular weight excluding hydrogens is 446 g/mol. The lowest BCUT2D eigenvalue weighted by Gasteiger charge is -2.58. The smallest absolute Gasteiger partial charge is 0.257 e. The summed E-state index contributed by atoms with van der Waals surface area (Å²) in [6, 6.07) is 1.79. The lowest BCUT2D eigenvalue weighted by atomic mass is 9.47. The zero-order valence-electron chi connectivity index (χ0n) is 20.4. The van der Waals surface area contributed by atoms with Crippen molar-refractivity contribution in [3.63, 3.8) is 0 Å². The van der Waals surface area contributed by atoms with Gasteiger partial charge in [0.15, 0.2) is 5.82 Å². The van der Waals surface area contributed by atoms with Gasteiger partial charge in [-0.2, -0.15) is 10.2 Å². The van der Waals surface area contributed by atoms with Gasteiger partial charge in [-0.15, -0.1) is 0 Å². The minimum atomic E-state index is -0.763. The third kappa shape index (κ3) is 3.94. The second-order valence-electron chi connectivity index (χ2n) is 11.0. The van der Waals surface area contributed by atoms with E-state index in [0.717, 1.165) is 32.1 Å². The highest BCUT2D eigenvalue weighted by atomic mass is 16.2. The summed E-state index contributed by atoms with van der Waals surface area (Å²) in [6.07, 6.45) is 12.8. The van der Waals surface area contributed by atoms with Crippen LogP contribution in [0, 0.1) is 28.6 Å². The number of primary amides is 1. The molecular formula is C25H33N7O3. The third-order valence-corrected chi connectivity index (χ3v) is 8.27. The van der Waals surface area contributed by atoms with Crippen molar-refractivity contribution < 1.29 is 14.4 Å². The van der Waals surface area contributed by atoms with Gasteiger partial charge in [0.1, 0.15) is 5.56 Å². The van der Waals surface area contributed by atoms with Gasteiger partial charge in [0, 0.05) is 37.1 Å². The number of nitrogens with one attached hydrogen (secondary N) is 2. The van der Waals surface area contributed by atoms with Crippen molar-refractivity contribution in [2.75, 3.05) is 7.05 Å². The van der Waals surface area contributed by atoms with Crippen LogP contribution in [0.25, 0.3) is 12.0 Å². The lowest BCUT2D eigenvalue weighted by Crippen LogP contribution is -2.62. The fourth-order valence-electron chi connectivity index (χ4n) is 6.69. The molecule has 4 bridgehead atoms. The van der Waals surface area contributed by atoms with Gasteiger partial charge in [0.2, 0.25) is 11.8 Å². The van der Waals surface area contributed by atoms with E-state index in [9.17, 15) is 14.4 Å². The molecule has 10 nitrogen and oxygen atoms in total. The van der Waals surface area contributed by atoms with Gasteiger partial charge in [0.25, 0.3) is 5.91 Å². The largest absolute Gasteiger partial charge is 0.369 e. The molecule has 4 N–H and O–H groups in total. The Morgan fingerprint density at radius 2 is 1.89 bits per heavy atom. The first-order chi connectivity index (χ1) is 16.6. The zero-order valence-corrected chi connectivity index (χ0v) is 20.4. The average molecular weight is 480 g/mol. The van der Waals surface area contributed by atoms with Gasteiger partial charge < -0.3 is 16.4 Å². The summed E-state index contributed by atoms with van der Waals surface area (Å²) < 4.78 is 3.16. The van der Waals surface area contributed by atoms with E-state index in [1.807, 2.05) is 0 Å². The first-order valence-corrected chi connectivity index (χ1v) is 12.2. The Morgan fingerprint density at radius 3 is 2.49 bits per heavy atom. The number of aromatic nitrogens is 4. The highest BCUT2D eigenvalue weighted by Gasteiger charge is 2.58. The Kier molecular flexibility index (Phi) is 5.56. The third-order valence-electron chi connectivity index (χ3n) is 8.27. The van der Waals surface area contributed by atoms with Crippen LogP contribution in [0.2, 0.25) is 0 Å². The Morgan fingerprint density at radius 1 is 1.17 bits per heavy atom. The molecule has 2 heterocycles. The number of nitrogens with two attached hydrogens (primary N) is 1. The van der Waals surface area contributed by atoms with Gasteiger partial charge in [-0.1, -0.05) is 6.08 Å². The second-order valence-corrected chi connectivity index (χ2v) is 11.0. The summed E-state index contributed by atoms with van der Waals surface area (Å²) in [6.45, 7) is 3.61. The van der Waals surface area contributed by atoms with Crippen LogP contribution in [0.3, 0.4) is 0 Å². The maximum Gasteiger partial charge on any atom is 0.257 e. The normalized spacial score (nSPS) is 29.5. The van der Waals surface area contributed by atoms with E-state index >= 15 is 0 Å². The molecule has 0 saturated heterocycles. The van der Waals surface area contributed by atoms with Crippen LogP contribution in [0.15, 0.2) is 30.7 Å². The SMILES string of the molecule is CNC(=O)C(C)(C)C=Cn1ncc(C(=O)NC2C3CC4CC2CC(C(N)=O)(C4)C3)c1-n1cccn1. The summed E-state index contributed by atoms with van der Waals surface area (Å²) in [4.78, 5) is 38.0. The van der Waals surface area contributed by atoms with E-state index in [0.29, 0.717) is 17.3 Å². The summed E-state index contributed by atoms with van der Waals surface area (Å²) in [5.41, 5.74) is 5.05.